The average Bonchev–Trinajstić information content (AvgIpc) is 2.93. The molecular weight excluding hydrogens is 314 g/mol. The molecule has 3 heterocycles. The van der Waals surface area contributed by atoms with Crippen LogP contribution in [0.15, 0.2) is 24.7 Å². The molecule has 0 bridgehead atoms. The van der Waals surface area contributed by atoms with Crippen molar-refractivity contribution in [3.63, 3.8) is 0 Å². The Kier molecular flexibility index (Phi) is 4.45. The first-order valence-corrected chi connectivity index (χ1v) is 9.53. The summed E-state index contributed by atoms with van der Waals surface area (Å²) in [6, 6.07) is 1.90. The van der Waals surface area contributed by atoms with Crippen molar-refractivity contribution in [2.24, 2.45) is 13.0 Å². The van der Waals surface area contributed by atoms with Crippen molar-refractivity contribution in [3.8, 4) is 11.4 Å². The molecule has 0 radical (unpaired) electrons. The molecule has 2 aromatic rings. The lowest BCUT2D eigenvalue weighted by molar-refractivity contribution is 0.265. The molecule has 0 saturated carbocycles. The first-order chi connectivity index (χ1) is 10.9. The largest absolute Gasteiger partial charge is 0.266 e. The Morgan fingerprint density at radius 3 is 2.87 bits per heavy atom. The van der Waals surface area contributed by atoms with Gasteiger partial charge < -0.3 is 0 Å². The molecular formula is C15H21N5O2S. The molecule has 1 fully saturated rings. The van der Waals surface area contributed by atoms with Gasteiger partial charge in [0.25, 0.3) is 0 Å². The fraction of sp³-hybridized carbons (Fsp3) is 0.533. The van der Waals surface area contributed by atoms with Crippen LogP contribution in [0.5, 0.6) is 0 Å². The minimum atomic E-state index is -3.11. The van der Waals surface area contributed by atoms with E-state index in [0.29, 0.717) is 13.1 Å². The van der Waals surface area contributed by atoms with E-state index in [0.717, 1.165) is 36.3 Å². The normalized spacial score (nSPS) is 19.8. The second-order valence-electron chi connectivity index (χ2n) is 6.07. The van der Waals surface area contributed by atoms with Crippen molar-refractivity contribution in [1.29, 1.82) is 0 Å². The van der Waals surface area contributed by atoms with Gasteiger partial charge in [-0.1, -0.05) is 0 Å². The zero-order valence-corrected chi connectivity index (χ0v) is 14.2. The number of piperidine rings is 1. The molecule has 23 heavy (non-hydrogen) atoms. The maximum atomic E-state index is 11.7. The van der Waals surface area contributed by atoms with Gasteiger partial charge in [-0.25, -0.2) is 17.7 Å². The number of sulfonamides is 1. The van der Waals surface area contributed by atoms with E-state index in [1.54, 1.807) is 27.6 Å². The predicted octanol–water partition coefficient (Wildman–Crippen LogP) is 1.09. The monoisotopic (exact) mass is 335 g/mol. The van der Waals surface area contributed by atoms with Crippen LogP contribution in [0.2, 0.25) is 0 Å². The molecule has 0 N–H and O–H groups in total. The lowest BCUT2D eigenvalue weighted by Crippen LogP contribution is -2.39. The summed E-state index contributed by atoms with van der Waals surface area (Å²) >= 11 is 0. The van der Waals surface area contributed by atoms with E-state index in [9.17, 15) is 8.42 Å². The van der Waals surface area contributed by atoms with Gasteiger partial charge in [-0.15, -0.1) is 0 Å². The van der Waals surface area contributed by atoms with Crippen molar-refractivity contribution in [1.82, 2.24) is 24.1 Å². The Labute approximate surface area is 136 Å². The van der Waals surface area contributed by atoms with Gasteiger partial charge >= 0.3 is 0 Å². The fourth-order valence-corrected chi connectivity index (χ4v) is 3.99. The van der Waals surface area contributed by atoms with Crippen LogP contribution in [0.3, 0.4) is 0 Å². The summed E-state index contributed by atoms with van der Waals surface area (Å²) < 4.78 is 26.8. The molecule has 0 spiro atoms. The van der Waals surface area contributed by atoms with Crippen LogP contribution < -0.4 is 0 Å². The third-order valence-electron chi connectivity index (χ3n) is 4.22. The van der Waals surface area contributed by atoms with Crippen molar-refractivity contribution in [3.05, 3.63) is 30.4 Å². The molecule has 2 aromatic heterocycles. The molecule has 0 unspecified atom stereocenters. The summed E-state index contributed by atoms with van der Waals surface area (Å²) in [6.07, 6.45) is 9.15. The Morgan fingerprint density at radius 1 is 1.35 bits per heavy atom. The Morgan fingerprint density at radius 2 is 2.17 bits per heavy atom. The van der Waals surface area contributed by atoms with Gasteiger partial charge in [0.05, 0.1) is 23.8 Å². The van der Waals surface area contributed by atoms with Crippen molar-refractivity contribution in [2.75, 3.05) is 19.3 Å². The quantitative estimate of drug-likeness (QED) is 0.835. The SMILES string of the molecule is Cn1nccc1-c1cncc(C[C@H]2CCCN(S(C)(=O)=O)C2)n1. The lowest BCUT2D eigenvalue weighted by atomic mass is 9.95. The standard InChI is InChI=1S/C15H21N5O2S/c1-19-15(5-6-17-19)14-10-16-9-13(18-14)8-12-4-3-7-20(11-12)23(2,21)22/h5-6,9-10,12H,3-4,7-8,11H2,1-2H3/t12-/m1/s1. The van der Waals surface area contributed by atoms with Gasteiger partial charge in [0.15, 0.2) is 0 Å². The van der Waals surface area contributed by atoms with Crippen LogP contribution in [-0.4, -0.2) is 51.8 Å². The van der Waals surface area contributed by atoms with Gasteiger partial charge in [0, 0.05) is 32.5 Å². The van der Waals surface area contributed by atoms with Crippen LogP contribution in [0, 0.1) is 5.92 Å². The van der Waals surface area contributed by atoms with E-state index in [-0.39, 0.29) is 5.92 Å². The summed E-state index contributed by atoms with van der Waals surface area (Å²) in [5, 5.41) is 4.15. The lowest BCUT2D eigenvalue weighted by Gasteiger charge is -2.30. The molecule has 0 aromatic carbocycles. The Balaban J connectivity index is 1.75. The number of aromatic nitrogens is 4. The highest BCUT2D eigenvalue weighted by Gasteiger charge is 2.26. The van der Waals surface area contributed by atoms with Gasteiger partial charge in [-0.3, -0.25) is 9.67 Å². The second kappa shape index (κ2) is 6.37. The highest BCUT2D eigenvalue weighted by Crippen LogP contribution is 2.22. The third-order valence-corrected chi connectivity index (χ3v) is 5.49. The molecule has 0 amide bonds. The maximum Gasteiger partial charge on any atom is 0.211 e. The molecule has 8 heteroatoms. The van der Waals surface area contributed by atoms with E-state index in [1.165, 1.54) is 6.26 Å². The molecule has 1 saturated heterocycles. The second-order valence-corrected chi connectivity index (χ2v) is 8.05. The molecule has 3 rings (SSSR count). The summed E-state index contributed by atoms with van der Waals surface area (Å²) in [5.41, 5.74) is 2.60. The zero-order valence-electron chi connectivity index (χ0n) is 13.4. The van der Waals surface area contributed by atoms with Crippen molar-refractivity contribution < 1.29 is 8.42 Å². The maximum absolute atomic E-state index is 11.7. The highest BCUT2D eigenvalue weighted by molar-refractivity contribution is 7.88. The summed E-state index contributed by atoms with van der Waals surface area (Å²) in [5.74, 6) is 0.287. The molecule has 1 aliphatic rings. The van der Waals surface area contributed by atoms with Crippen LogP contribution in [0.25, 0.3) is 11.4 Å². The zero-order chi connectivity index (χ0) is 16.4. The smallest absolute Gasteiger partial charge is 0.211 e. The predicted molar refractivity (Wildman–Crippen MR) is 87.1 cm³/mol. The van der Waals surface area contributed by atoms with E-state index >= 15 is 0 Å². The van der Waals surface area contributed by atoms with E-state index in [2.05, 4.69) is 15.1 Å². The number of rotatable bonds is 4. The van der Waals surface area contributed by atoms with Crippen LogP contribution in [0.4, 0.5) is 0 Å². The number of hydrogen-bond donors (Lipinski definition) is 0. The van der Waals surface area contributed by atoms with Crippen molar-refractivity contribution in [2.45, 2.75) is 19.3 Å². The molecule has 1 aliphatic heterocycles. The summed E-state index contributed by atoms with van der Waals surface area (Å²) in [4.78, 5) is 8.95. The van der Waals surface area contributed by atoms with E-state index in [4.69, 9.17) is 0 Å². The minimum absolute atomic E-state index is 0.287. The third kappa shape index (κ3) is 3.76. The first-order valence-electron chi connectivity index (χ1n) is 7.68. The molecule has 7 nitrogen and oxygen atoms in total. The molecule has 1 atom stereocenters. The Hall–Kier alpha value is -1.80. The molecule has 0 aliphatic carbocycles. The molecule has 124 valence electrons. The summed E-state index contributed by atoms with van der Waals surface area (Å²) in [6.45, 7) is 1.19. The number of aryl methyl sites for hydroxylation is 1. The average molecular weight is 335 g/mol. The minimum Gasteiger partial charge on any atom is -0.266 e. The summed E-state index contributed by atoms with van der Waals surface area (Å²) in [7, 11) is -1.24. The van der Waals surface area contributed by atoms with Gasteiger partial charge in [0.1, 0.15) is 5.69 Å². The van der Waals surface area contributed by atoms with E-state index in [1.807, 2.05) is 13.1 Å². The topological polar surface area (TPSA) is 81.0 Å². The number of hydrogen-bond acceptors (Lipinski definition) is 5. The Bertz CT molecular complexity index is 787. The van der Waals surface area contributed by atoms with Gasteiger partial charge in [0.2, 0.25) is 10.0 Å². The van der Waals surface area contributed by atoms with Crippen LogP contribution >= 0.6 is 0 Å². The first kappa shape index (κ1) is 16.1. The van der Waals surface area contributed by atoms with E-state index < -0.39 is 10.0 Å². The van der Waals surface area contributed by atoms with Crippen LogP contribution in [-0.2, 0) is 23.5 Å². The van der Waals surface area contributed by atoms with Gasteiger partial charge in [-0.2, -0.15) is 5.10 Å². The number of nitrogens with zero attached hydrogens (tertiary/aromatic N) is 5. The highest BCUT2D eigenvalue weighted by atomic mass is 32.2. The van der Waals surface area contributed by atoms with Crippen molar-refractivity contribution >= 4 is 10.0 Å². The fourth-order valence-electron chi connectivity index (χ4n) is 3.04. The van der Waals surface area contributed by atoms with Gasteiger partial charge in [-0.05, 0) is 31.2 Å². The van der Waals surface area contributed by atoms with Crippen LogP contribution in [0.1, 0.15) is 18.5 Å².